The van der Waals surface area contributed by atoms with Crippen LogP contribution in [-0.4, -0.2) is 18.3 Å². The van der Waals surface area contributed by atoms with Gasteiger partial charge in [0.1, 0.15) is 13.2 Å². The van der Waals surface area contributed by atoms with Crippen molar-refractivity contribution < 1.29 is 14.6 Å². The second kappa shape index (κ2) is 3.74. The number of aliphatic hydroxyl groups excluding tert-OH is 1. The Morgan fingerprint density at radius 1 is 0.933 bits per heavy atom. The number of hydrogen-bond donors (Lipinski definition) is 1. The van der Waals surface area contributed by atoms with Gasteiger partial charge in [-0.05, 0) is 37.5 Å². The van der Waals surface area contributed by atoms with Gasteiger partial charge in [0.25, 0.3) is 0 Å². The first kappa shape index (κ1) is 10.3. The Kier molecular flexibility index (Phi) is 2.57. The molecule has 1 N–H and O–H groups in total. The van der Waals surface area contributed by atoms with E-state index in [9.17, 15) is 5.11 Å². The standard InChI is InChI=1S/C12H16O3/c1-7-8(2)10(6-13)12-11(9(7)3)14-4-5-15-12/h13H,4-6H2,1-3H3. The average Bonchev–Trinajstić information content (AvgIpc) is 2.27. The van der Waals surface area contributed by atoms with Crippen molar-refractivity contribution in [2.45, 2.75) is 27.4 Å². The summed E-state index contributed by atoms with van der Waals surface area (Å²) < 4.78 is 11.2. The summed E-state index contributed by atoms with van der Waals surface area (Å²) in [7, 11) is 0. The van der Waals surface area contributed by atoms with Crippen molar-refractivity contribution in [1.82, 2.24) is 0 Å². The summed E-state index contributed by atoms with van der Waals surface area (Å²) in [5, 5.41) is 9.35. The Labute approximate surface area is 89.6 Å². The number of rotatable bonds is 1. The summed E-state index contributed by atoms with van der Waals surface area (Å²) in [6, 6.07) is 0. The van der Waals surface area contributed by atoms with Crippen LogP contribution < -0.4 is 9.47 Å². The number of ether oxygens (including phenoxy) is 2. The van der Waals surface area contributed by atoms with E-state index in [-0.39, 0.29) is 6.61 Å². The molecular weight excluding hydrogens is 192 g/mol. The largest absolute Gasteiger partial charge is 0.486 e. The van der Waals surface area contributed by atoms with E-state index in [2.05, 4.69) is 0 Å². The fourth-order valence-corrected chi connectivity index (χ4v) is 1.96. The van der Waals surface area contributed by atoms with Crippen LogP contribution in [0.2, 0.25) is 0 Å². The number of hydrogen-bond acceptors (Lipinski definition) is 3. The third kappa shape index (κ3) is 1.47. The molecule has 1 aromatic rings. The molecule has 0 unspecified atom stereocenters. The van der Waals surface area contributed by atoms with Crippen LogP contribution in [0.3, 0.4) is 0 Å². The highest BCUT2D eigenvalue weighted by atomic mass is 16.6. The first-order valence-electron chi connectivity index (χ1n) is 5.16. The monoisotopic (exact) mass is 208 g/mol. The van der Waals surface area contributed by atoms with Crippen LogP contribution in [-0.2, 0) is 6.61 Å². The predicted octanol–water partition coefficient (Wildman–Crippen LogP) is 1.88. The molecule has 3 heteroatoms. The Morgan fingerprint density at radius 3 is 2.13 bits per heavy atom. The minimum absolute atomic E-state index is 0.00134. The average molecular weight is 208 g/mol. The van der Waals surface area contributed by atoms with Gasteiger partial charge < -0.3 is 14.6 Å². The summed E-state index contributed by atoms with van der Waals surface area (Å²) in [5.74, 6) is 1.53. The third-order valence-electron chi connectivity index (χ3n) is 3.13. The highest BCUT2D eigenvalue weighted by molar-refractivity contribution is 5.59. The molecule has 1 aliphatic rings. The van der Waals surface area contributed by atoms with Crippen LogP contribution in [0.4, 0.5) is 0 Å². The molecule has 0 aromatic heterocycles. The van der Waals surface area contributed by atoms with E-state index in [0.29, 0.717) is 13.2 Å². The van der Waals surface area contributed by atoms with Crippen molar-refractivity contribution in [3.63, 3.8) is 0 Å². The van der Waals surface area contributed by atoms with Crippen LogP contribution in [0.15, 0.2) is 0 Å². The first-order valence-corrected chi connectivity index (χ1v) is 5.16. The second-order valence-electron chi connectivity index (χ2n) is 3.87. The topological polar surface area (TPSA) is 38.7 Å². The molecule has 0 aliphatic carbocycles. The maximum atomic E-state index is 9.35. The second-order valence-corrected chi connectivity index (χ2v) is 3.87. The lowest BCUT2D eigenvalue weighted by molar-refractivity contribution is 0.163. The quantitative estimate of drug-likeness (QED) is 0.765. The number of fused-ring (bicyclic) bond motifs is 1. The SMILES string of the molecule is Cc1c(C)c(CO)c2c(c1C)OCCO2. The highest BCUT2D eigenvalue weighted by Gasteiger charge is 2.22. The van der Waals surface area contributed by atoms with Gasteiger partial charge in [0.15, 0.2) is 11.5 Å². The first-order chi connectivity index (χ1) is 7.16. The van der Waals surface area contributed by atoms with Gasteiger partial charge in [-0.3, -0.25) is 0 Å². The van der Waals surface area contributed by atoms with Crippen molar-refractivity contribution in [3.8, 4) is 11.5 Å². The van der Waals surface area contributed by atoms with Crippen LogP contribution in [0, 0.1) is 20.8 Å². The Hall–Kier alpha value is -1.22. The Morgan fingerprint density at radius 2 is 1.53 bits per heavy atom. The van der Waals surface area contributed by atoms with E-state index in [1.165, 1.54) is 5.56 Å². The smallest absolute Gasteiger partial charge is 0.167 e. The zero-order valence-corrected chi connectivity index (χ0v) is 9.39. The van der Waals surface area contributed by atoms with Crippen LogP contribution in [0.25, 0.3) is 0 Å². The zero-order chi connectivity index (χ0) is 11.0. The molecule has 0 saturated carbocycles. The minimum Gasteiger partial charge on any atom is -0.486 e. The molecule has 0 bridgehead atoms. The Balaban J connectivity index is 2.70. The van der Waals surface area contributed by atoms with Crippen LogP contribution in [0.5, 0.6) is 11.5 Å². The summed E-state index contributed by atoms with van der Waals surface area (Å²) >= 11 is 0. The molecule has 1 aromatic carbocycles. The van der Waals surface area contributed by atoms with Crippen molar-refractivity contribution in [2.75, 3.05) is 13.2 Å². The molecule has 0 spiro atoms. The van der Waals surface area contributed by atoms with Gasteiger partial charge >= 0.3 is 0 Å². The lowest BCUT2D eigenvalue weighted by Crippen LogP contribution is -2.18. The van der Waals surface area contributed by atoms with E-state index in [4.69, 9.17) is 9.47 Å². The zero-order valence-electron chi connectivity index (χ0n) is 9.39. The molecular formula is C12H16O3. The van der Waals surface area contributed by atoms with Crippen molar-refractivity contribution in [2.24, 2.45) is 0 Å². The molecule has 0 atom stereocenters. The van der Waals surface area contributed by atoms with Crippen LogP contribution >= 0.6 is 0 Å². The van der Waals surface area contributed by atoms with Crippen molar-refractivity contribution in [1.29, 1.82) is 0 Å². The summed E-state index contributed by atoms with van der Waals surface area (Å²) in [6.45, 7) is 7.22. The molecule has 82 valence electrons. The molecule has 1 aliphatic heterocycles. The van der Waals surface area contributed by atoms with Gasteiger partial charge in [0, 0.05) is 5.56 Å². The maximum Gasteiger partial charge on any atom is 0.167 e. The molecule has 2 rings (SSSR count). The molecule has 0 radical (unpaired) electrons. The molecule has 3 nitrogen and oxygen atoms in total. The van der Waals surface area contributed by atoms with E-state index >= 15 is 0 Å². The van der Waals surface area contributed by atoms with E-state index in [1.54, 1.807) is 0 Å². The third-order valence-corrected chi connectivity index (χ3v) is 3.13. The van der Waals surface area contributed by atoms with Crippen molar-refractivity contribution >= 4 is 0 Å². The van der Waals surface area contributed by atoms with Crippen LogP contribution in [0.1, 0.15) is 22.3 Å². The van der Waals surface area contributed by atoms with Gasteiger partial charge in [-0.2, -0.15) is 0 Å². The summed E-state index contributed by atoms with van der Waals surface area (Å²) in [4.78, 5) is 0. The Bertz CT molecular complexity index is 373. The molecule has 0 amide bonds. The van der Waals surface area contributed by atoms with Gasteiger partial charge in [-0.1, -0.05) is 0 Å². The van der Waals surface area contributed by atoms with Crippen molar-refractivity contribution in [3.05, 3.63) is 22.3 Å². The number of aliphatic hydroxyl groups is 1. The van der Waals surface area contributed by atoms with E-state index < -0.39 is 0 Å². The number of benzene rings is 1. The van der Waals surface area contributed by atoms with Gasteiger partial charge in [-0.15, -0.1) is 0 Å². The lowest BCUT2D eigenvalue weighted by Gasteiger charge is -2.25. The fraction of sp³-hybridized carbons (Fsp3) is 0.500. The predicted molar refractivity (Wildman–Crippen MR) is 57.6 cm³/mol. The molecule has 1 heterocycles. The lowest BCUT2D eigenvalue weighted by atomic mass is 9.96. The molecule has 15 heavy (non-hydrogen) atoms. The highest BCUT2D eigenvalue weighted by Crippen LogP contribution is 2.41. The van der Waals surface area contributed by atoms with Gasteiger partial charge in [0.05, 0.1) is 6.61 Å². The van der Waals surface area contributed by atoms with Gasteiger partial charge in [-0.25, -0.2) is 0 Å². The fourth-order valence-electron chi connectivity index (χ4n) is 1.96. The maximum absolute atomic E-state index is 9.35. The normalized spacial score (nSPS) is 14.1. The molecule has 0 saturated heterocycles. The van der Waals surface area contributed by atoms with Gasteiger partial charge in [0.2, 0.25) is 0 Å². The molecule has 0 fully saturated rings. The minimum atomic E-state index is -0.00134. The van der Waals surface area contributed by atoms with E-state index in [0.717, 1.165) is 28.2 Å². The summed E-state index contributed by atoms with van der Waals surface area (Å²) in [6.07, 6.45) is 0. The van der Waals surface area contributed by atoms with E-state index in [1.807, 2.05) is 20.8 Å². The summed E-state index contributed by atoms with van der Waals surface area (Å²) in [5.41, 5.74) is 4.23.